The maximum Gasteiger partial charge on any atom is 0.143 e. The molecule has 0 radical (unpaired) electrons. The third-order valence-corrected chi connectivity index (χ3v) is 3.38. The first-order valence-corrected chi connectivity index (χ1v) is 5.84. The van der Waals surface area contributed by atoms with E-state index in [4.69, 9.17) is 11.6 Å². The van der Waals surface area contributed by atoms with E-state index in [2.05, 4.69) is 31.0 Å². The minimum atomic E-state index is -0.372. The average molecular weight is 243 g/mol. The van der Waals surface area contributed by atoms with E-state index >= 15 is 0 Å². The molecule has 1 N–H and O–H groups in total. The van der Waals surface area contributed by atoms with Crippen LogP contribution in [0, 0.1) is 5.82 Å². The second kappa shape index (κ2) is 3.81. The number of benzene rings is 1. The highest BCUT2D eigenvalue weighted by atomic mass is 35.5. The van der Waals surface area contributed by atoms with Crippen LogP contribution in [0.5, 0.6) is 0 Å². The zero-order valence-electron chi connectivity index (χ0n) is 9.77. The van der Waals surface area contributed by atoms with E-state index in [1.165, 1.54) is 6.07 Å². The largest absolute Gasteiger partial charge is 0.381 e. The average Bonchev–Trinajstić information content (AvgIpc) is 2.20. The molecule has 0 atom stereocenters. The number of fused-ring (bicyclic) bond motifs is 1. The summed E-state index contributed by atoms with van der Waals surface area (Å²) >= 11 is 5.83. The minimum Gasteiger partial charge on any atom is -0.381 e. The van der Waals surface area contributed by atoms with E-state index in [9.17, 15) is 4.39 Å². The van der Waals surface area contributed by atoms with Gasteiger partial charge in [0.25, 0.3) is 0 Å². The molecule has 1 heterocycles. The van der Waals surface area contributed by atoms with Gasteiger partial charge in [0.1, 0.15) is 5.82 Å². The van der Waals surface area contributed by atoms with Crippen molar-refractivity contribution in [3.63, 3.8) is 0 Å². The predicted octanol–water partition coefficient (Wildman–Crippen LogP) is 3.51. The van der Waals surface area contributed by atoms with Gasteiger partial charge in [-0.3, -0.25) is 0 Å². The normalized spacial score (nSPS) is 17.9. The molecule has 1 aliphatic heterocycles. The fraction of sp³-hybridized carbons (Fsp3) is 0.500. The van der Waals surface area contributed by atoms with Crippen molar-refractivity contribution in [1.82, 2.24) is 0 Å². The molecule has 0 bridgehead atoms. The van der Waals surface area contributed by atoms with E-state index in [1.54, 1.807) is 6.07 Å². The summed E-state index contributed by atoms with van der Waals surface area (Å²) < 4.78 is 13.3. The predicted molar refractivity (Wildman–Crippen MR) is 67.0 cm³/mol. The van der Waals surface area contributed by atoms with Crippen LogP contribution < -0.4 is 10.2 Å². The summed E-state index contributed by atoms with van der Waals surface area (Å²) in [6, 6.07) is 3.17. The smallest absolute Gasteiger partial charge is 0.143 e. The van der Waals surface area contributed by atoms with Gasteiger partial charge in [-0.1, -0.05) is 11.6 Å². The monoisotopic (exact) mass is 242 g/mol. The standard InChI is InChI=1S/C12H16ClFN2/c1-4-16-11-5-8(13)9(14)6-10(11)15-7-12(16,2)3/h5-6,15H,4,7H2,1-3H3. The molecular formula is C12H16ClFN2. The summed E-state index contributed by atoms with van der Waals surface area (Å²) in [6.45, 7) is 8.08. The Balaban J connectivity index is 2.53. The summed E-state index contributed by atoms with van der Waals surface area (Å²) in [5.74, 6) is -0.372. The van der Waals surface area contributed by atoms with Crippen molar-refractivity contribution in [3.8, 4) is 0 Å². The van der Waals surface area contributed by atoms with Crippen LogP contribution in [0.1, 0.15) is 20.8 Å². The molecule has 1 aromatic carbocycles. The summed E-state index contributed by atoms with van der Waals surface area (Å²) in [5, 5.41) is 3.42. The number of hydrogen-bond donors (Lipinski definition) is 1. The number of rotatable bonds is 1. The molecular weight excluding hydrogens is 227 g/mol. The van der Waals surface area contributed by atoms with Crippen LogP contribution >= 0.6 is 11.6 Å². The second-order valence-electron chi connectivity index (χ2n) is 4.69. The first-order valence-electron chi connectivity index (χ1n) is 5.46. The van der Waals surface area contributed by atoms with Gasteiger partial charge in [-0.05, 0) is 26.8 Å². The van der Waals surface area contributed by atoms with Crippen molar-refractivity contribution >= 4 is 23.0 Å². The molecule has 16 heavy (non-hydrogen) atoms. The fourth-order valence-corrected chi connectivity index (χ4v) is 2.39. The van der Waals surface area contributed by atoms with Gasteiger partial charge in [-0.15, -0.1) is 0 Å². The number of anilines is 2. The van der Waals surface area contributed by atoms with Crippen molar-refractivity contribution < 1.29 is 4.39 Å². The molecule has 0 spiro atoms. The summed E-state index contributed by atoms with van der Waals surface area (Å²) in [4.78, 5) is 2.24. The molecule has 0 saturated heterocycles. The van der Waals surface area contributed by atoms with E-state index in [0.29, 0.717) is 0 Å². The maximum atomic E-state index is 13.3. The topological polar surface area (TPSA) is 15.3 Å². The zero-order valence-corrected chi connectivity index (χ0v) is 10.5. The highest BCUT2D eigenvalue weighted by molar-refractivity contribution is 6.31. The highest BCUT2D eigenvalue weighted by Gasteiger charge is 2.32. The number of likely N-dealkylation sites (N-methyl/N-ethyl adjacent to an activating group) is 1. The van der Waals surface area contributed by atoms with Gasteiger partial charge >= 0.3 is 0 Å². The molecule has 0 aliphatic carbocycles. The Morgan fingerprint density at radius 3 is 2.81 bits per heavy atom. The van der Waals surface area contributed by atoms with Crippen LogP contribution in [0.4, 0.5) is 15.8 Å². The van der Waals surface area contributed by atoms with Crippen LogP contribution in [0.3, 0.4) is 0 Å². The third kappa shape index (κ3) is 1.73. The fourth-order valence-electron chi connectivity index (χ4n) is 2.23. The summed E-state index contributed by atoms with van der Waals surface area (Å²) in [7, 11) is 0. The van der Waals surface area contributed by atoms with Crippen molar-refractivity contribution in [2.75, 3.05) is 23.3 Å². The number of halogens is 2. The van der Waals surface area contributed by atoms with E-state index in [-0.39, 0.29) is 16.4 Å². The third-order valence-electron chi connectivity index (χ3n) is 3.09. The molecule has 0 aromatic heterocycles. The maximum absolute atomic E-state index is 13.3. The molecule has 4 heteroatoms. The van der Waals surface area contributed by atoms with Crippen molar-refractivity contribution in [2.24, 2.45) is 0 Å². The van der Waals surface area contributed by atoms with Gasteiger partial charge in [-0.25, -0.2) is 4.39 Å². The molecule has 0 fully saturated rings. The van der Waals surface area contributed by atoms with Crippen molar-refractivity contribution in [2.45, 2.75) is 26.3 Å². The molecule has 0 saturated carbocycles. The van der Waals surface area contributed by atoms with Crippen LogP contribution in [0.2, 0.25) is 5.02 Å². The molecule has 88 valence electrons. The first-order chi connectivity index (χ1) is 7.45. The number of nitrogens with one attached hydrogen (secondary N) is 1. The Bertz CT molecular complexity index is 418. The molecule has 1 aromatic rings. The Morgan fingerprint density at radius 2 is 2.19 bits per heavy atom. The van der Waals surface area contributed by atoms with Crippen LogP contribution in [0.15, 0.2) is 12.1 Å². The van der Waals surface area contributed by atoms with Crippen molar-refractivity contribution in [1.29, 1.82) is 0 Å². The lowest BCUT2D eigenvalue weighted by molar-refractivity contribution is 0.479. The molecule has 0 unspecified atom stereocenters. The number of hydrogen-bond acceptors (Lipinski definition) is 2. The Labute approximate surface area is 100 Å². The van der Waals surface area contributed by atoms with Gasteiger partial charge in [0.05, 0.1) is 21.9 Å². The van der Waals surface area contributed by atoms with E-state index < -0.39 is 0 Å². The van der Waals surface area contributed by atoms with Crippen LogP contribution in [-0.2, 0) is 0 Å². The lowest BCUT2D eigenvalue weighted by Gasteiger charge is -2.45. The number of nitrogens with zero attached hydrogens (tertiary/aromatic N) is 1. The zero-order chi connectivity index (χ0) is 11.9. The van der Waals surface area contributed by atoms with Gasteiger partial charge < -0.3 is 10.2 Å². The highest BCUT2D eigenvalue weighted by Crippen LogP contribution is 2.38. The SMILES string of the molecule is CCN1c2cc(Cl)c(F)cc2NCC1(C)C. The molecule has 0 amide bonds. The van der Waals surface area contributed by atoms with Gasteiger partial charge in [-0.2, -0.15) is 0 Å². The first kappa shape index (κ1) is 11.5. The Kier molecular flexibility index (Phi) is 2.74. The van der Waals surface area contributed by atoms with Crippen molar-refractivity contribution in [3.05, 3.63) is 23.0 Å². The van der Waals surface area contributed by atoms with E-state index in [1.807, 2.05) is 0 Å². The molecule has 2 rings (SSSR count). The van der Waals surface area contributed by atoms with Gasteiger partial charge in [0.15, 0.2) is 0 Å². The quantitative estimate of drug-likeness (QED) is 0.811. The lowest BCUT2D eigenvalue weighted by atomic mass is 9.97. The summed E-state index contributed by atoms with van der Waals surface area (Å²) in [5.41, 5.74) is 1.82. The van der Waals surface area contributed by atoms with Gasteiger partial charge in [0.2, 0.25) is 0 Å². The molecule has 2 nitrogen and oxygen atoms in total. The lowest BCUT2D eigenvalue weighted by Crippen LogP contribution is -2.52. The van der Waals surface area contributed by atoms with Crippen LogP contribution in [-0.4, -0.2) is 18.6 Å². The molecule has 1 aliphatic rings. The van der Waals surface area contributed by atoms with E-state index in [0.717, 1.165) is 24.5 Å². The Hall–Kier alpha value is -0.960. The van der Waals surface area contributed by atoms with Gasteiger partial charge in [0, 0.05) is 19.2 Å². The minimum absolute atomic E-state index is 0.0168. The summed E-state index contributed by atoms with van der Waals surface area (Å²) in [6.07, 6.45) is 0. The Morgan fingerprint density at radius 1 is 1.50 bits per heavy atom. The second-order valence-corrected chi connectivity index (χ2v) is 5.10. The van der Waals surface area contributed by atoms with Crippen LogP contribution in [0.25, 0.3) is 0 Å².